The number of carbonyl (C=O) groups is 1. The van der Waals surface area contributed by atoms with E-state index in [1.807, 2.05) is 81.4 Å². The van der Waals surface area contributed by atoms with Crippen LogP contribution in [0.3, 0.4) is 0 Å². The molecule has 5 rings (SSSR count). The summed E-state index contributed by atoms with van der Waals surface area (Å²) in [7, 11) is 0. The fourth-order valence-corrected chi connectivity index (χ4v) is 4.67. The normalized spacial score (nSPS) is 15.0. The van der Waals surface area contributed by atoms with Gasteiger partial charge in [-0.3, -0.25) is 9.59 Å². The minimum absolute atomic E-state index is 0.128. The Morgan fingerprint density at radius 1 is 0.943 bits per heavy atom. The first-order valence-electron chi connectivity index (χ1n) is 12.0. The van der Waals surface area contributed by atoms with E-state index in [-0.39, 0.29) is 17.1 Å². The minimum Gasteiger partial charge on any atom is -0.494 e. The molecule has 1 amide bonds. The highest BCUT2D eigenvalue weighted by atomic mass is 16.5. The zero-order chi connectivity index (χ0) is 24.7. The summed E-state index contributed by atoms with van der Waals surface area (Å²) < 4.78 is 12.0. The van der Waals surface area contributed by atoms with Gasteiger partial charge in [-0.25, -0.2) is 0 Å². The molecule has 0 bridgehead atoms. The van der Waals surface area contributed by atoms with E-state index in [9.17, 15) is 9.59 Å². The van der Waals surface area contributed by atoms with Crippen LogP contribution in [0.4, 0.5) is 0 Å². The van der Waals surface area contributed by atoms with Gasteiger partial charge >= 0.3 is 0 Å². The number of fused-ring (bicyclic) bond motifs is 2. The number of benzene rings is 3. The van der Waals surface area contributed by atoms with Crippen molar-refractivity contribution in [3.05, 3.63) is 110 Å². The van der Waals surface area contributed by atoms with Crippen LogP contribution in [0, 0.1) is 20.8 Å². The highest BCUT2D eigenvalue weighted by molar-refractivity contribution is 5.99. The number of ether oxygens (including phenoxy) is 1. The lowest BCUT2D eigenvalue weighted by Gasteiger charge is -2.25. The lowest BCUT2D eigenvalue weighted by Crippen LogP contribution is -2.29. The molecule has 35 heavy (non-hydrogen) atoms. The number of carbonyl (C=O) groups excluding carboxylic acids is 1. The highest BCUT2D eigenvalue weighted by Gasteiger charge is 2.42. The molecule has 178 valence electrons. The smallest absolute Gasteiger partial charge is 0.291 e. The van der Waals surface area contributed by atoms with Gasteiger partial charge < -0.3 is 14.1 Å². The molecule has 0 radical (unpaired) electrons. The third-order valence-corrected chi connectivity index (χ3v) is 6.70. The average molecular weight is 468 g/mol. The SMILES string of the molecule is CCCOc1cccc(C2c3c(oc4cc(C)c(C)cc4c3=O)C(=O)N2Cc2ccc(C)cc2)c1. The van der Waals surface area contributed by atoms with Gasteiger partial charge in [-0.15, -0.1) is 0 Å². The van der Waals surface area contributed by atoms with Crippen molar-refractivity contribution in [2.24, 2.45) is 0 Å². The maximum Gasteiger partial charge on any atom is 0.291 e. The minimum atomic E-state index is -0.564. The van der Waals surface area contributed by atoms with Crippen molar-refractivity contribution in [2.75, 3.05) is 6.61 Å². The summed E-state index contributed by atoms with van der Waals surface area (Å²) in [5.41, 5.74) is 5.67. The third kappa shape index (κ3) is 4.12. The van der Waals surface area contributed by atoms with Crippen molar-refractivity contribution in [1.29, 1.82) is 0 Å². The van der Waals surface area contributed by atoms with Crippen LogP contribution in [-0.2, 0) is 6.54 Å². The van der Waals surface area contributed by atoms with Crippen LogP contribution in [0.15, 0.2) is 69.9 Å². The fourth-order valence-electron chi connectivity index (χ4n) is 4.67. The van der Waals surface area contributed by atoms with Crippen molar-refractivity contribution in [1.82, 2.24) is 4.90 Å². The molecule has 0 N–H and O–H groups in total. The van der Waals surface area contributed by atoms with E-state index in [0.717, 1.165) is 40.0 Å². The van der Waals surface area contributed by atoms with Gasteiger partial charge in [0.2, 0.25) is 5.76 Å². The van der Waals surface area contributed by atoms with E-state index < -0.39 is 6.04 Å². The number of hydrogen-bond donors (Lipinski definition) is 0. The quantitative estimate of drug-likeness (QED) is 0.336. The molecular formula is C30H29NO4. The number of aryl methyl sites for hydroxylation is 3. The van der Waals surface area contributed by atoms with Crippen LogP contribution >= 0.6 is 0 Å². The zero-order valence-electron chi connectivity index (χ0n) is 20.6. The van der Waals surface area contributed by atoms with Crippen molar-refractivity contribution < 1.29 is 13.9 Å². The van der Waals surface area contributed by atoms with Gasteiger partial charge in [-0.05, 0) is 73.7 Å². The Labute approximate surface area is 205 Å². The maximum absolute atomic E-state index is 13.8. The molecule has 4 aromatic rings. The molecule has 0 spiro atoms. The number of amides is 1. The van der Waals surface area contributed by atoms with Crippen LogP contribution in [-0.4, -0.2) is 17.4 Å². The number of nitrogens with zero attached hydrogens (tertiary/aromatic N) is 1. The molecule has 2 heterocycles. The van der Waals surface area contributed by atoms with E-state index in [2.05, 4.69) is 6.92 Å². The molecule has 1 aromatic heterocycles. The average Bonchev–Trinajstić information content (AvgIpc) is 3.12. The van der Waals surface area contributed by atoms with E-state index in [0.29, 0.717) is 29.7 Å². The molecule has 3 aromatic carbocycles. The van der Waals surface area contributed by atoms with Crippen LogP contribution in [0.25, 0.3) is 11.0 Å². The second kappa shape index (κ2) is 9.06. The van der Waals surface area contributed by atoms with Gasteiger partial charge in [0.05, 0.1) is 23.6 Å². The first-order chi connectivity index (χ1) is 16.9. The molecule has 1 aliphatic rings. The molecule has 0 fully saturated rings. The van der Waals surface area contributed by atoms with Crippen LogP contribution in [0.5, 0.6) is 5.75 Å². The van der Waals surface area contributed by atoms with Crippen molar-refractivity contribution in [3.8, 4) is 5.75 Å². The predicted octanol–water partition coefficient (Wildman–Crippen LogP) is 6.25. The monoisotopic (exact) mass is 467 g/mol. The lowest BCUT2D eigenvalue weighted by molar-refractivity contribution is 0.0714. The zero-order valence-corrected chi connectivity index (χ0v) is 20.6. The predicted molar refractivity (Wildman–Crippen MR) is 137 cm³/mol. The standard InChI is InChI=1S/C30H29NO4/c1-5-13-34-23-8-6-7-22(16-23)27-26-28(32)24-14-19(3)20(4)15-25(24)35-29(26)30(33)31(27)17-21-11-9-18(2)10-12-21/h6-12,14-16,27H,5,13,17H2,1-4H3. The molecule has 1 aliphatic heterocycles. The number of rotatable bonds is 6. The first kappa shape index (κ1) is 22.9. The second-order valence-electron chi connectivity index (χ2n) is 9.35. The molecule has 5 nitrogen and oxygen atoms in total. The maximum atomic E-state index is 13.8. The molecule has 5 heteroatoms. The molecule has 1 atom stereocenters. The van der Waals surface area contributed by atoms with E-state index in [1.165, 1.54) is 0 Å². The summed E-state index contributed by atoms with van der Waals surface area (Å²) >= 11 is 0. The van der Waals surface area contributed by atoms with Gasteiger partial charge in [0.15, 0.2) is 5.43 Å². The van der Waals surface area contributed by atoms with E-state index in [4.69, 9.17) is 9.15 Å². The lowest BCUT2D eigenvalue weighted by atomic mass is 9.97. The largest absolute Gasteiger partial charge is 0.494 e. The van der Waals surface area contributed by atoms with Gasteiger partial charge in [0, 0.05) is 6.54 Å². The van der Waals surface area contributed by atoms with Crippen molar-refractivity contribution in [2.45, 2.75) is 46.7 Å². The van der Waals surface area contributed by atoms with Crippen LogP contribution < -0.4 is 10.2 Å². The van der Waals surface area contributed by atoms with Crippen molar-refractivity contribution >= 4 is 16.9 Å². The molecule has 0 aliphatic carbocycles. The Kier molecular flexibility index (Phi) is 5.93. The molecular weight excluding hydrogens is 438 g/mol. The fraction of sp³-hybridized carbons (Fsp3) is 0.267. The van der Waals surface area contributed by atoms with Gasteiger partial charge in [-0.2, -0.15) is 0 Å². The Morgan fingerprint density at radius 3 is 2.43 bits per heavy atom. The summed E-state index contributed by atoms with van der Waals surface area (Å²) in [6, 6.07) is 18.9. The second-order valence-corrected chi connectivity index (χ2v) is 9.35. The summed E-state index contributed by atoms with van der Waals surface area (Å²) in [4.78, 5) is 29.3. The molecule has 1 unspecified atom stereocenters. The summed E-state index contributed by atoms with van der Waals surface area (Å²) in [6.07, 6.45) is 0.892. The van der Waals surface area contributed by atoms with E-state index >= 15 is 0 Å². The number of hydrogen-bond acceptors (Lipinski definition) is 4. The van der Waals surface area contributed by atoms with Crippen LogP contribution in [0.1, 0.15) is 63.3 Å². The highest BCUT2D eigenvalue weighted by Crippen LogP contribution is 2.40. The topological polar surface area (TPSA) is 59.8 Å². The molecule has 0 saturated carbocycles. The third-order valence-electron chi connectivity index (χ3n) is 6.70. The summed E-state index contributed by atoms with van der Waals surface area (Å²) in [5.74, 6) is 0.572. The van der Waals surface area contributed by atoms with E-state index in [1.54, 1.807) is 4.90 Å². The van der Waals surface area contributed by atoms with Crippen LogP contribution in [0.2, 0.25) is 0 Å². The summed E-state index contributed by atoms with van der Waals surface area (Å²) in [6.45, 7) is 8.99. The molecule has 0 saturated heterocycles. The Balaban J connectivity index is 1.69. The van der Waals surface area contributed by atoms with Gasteiger partial charge in [0.25, 0.3) is 5.91 Å². The van der Waals surface area contributed by atoms with Gasteiger partial charge in [0.1, 0.15) is 11.3 Å². The first-order valence-corrected chi connectivity index (χ1v) is 12.0. The summed E-state index contributed by atoms with van der Waals surface area (Å²) in [5, 5.41) is 0.500. The Bertz CT molecular complexity index is 1480. The van der Waals surface area contributed by atoms with Gasteiger partial charge in [-0.1, -0.05) is 48.9 Å². The Hall–Kier alpha value is -3.86. The van der Waals surface area contributed by atoms with Crippen molar-refractivity contribution in [3.63, 3.8) is 0 Å². The Morgan fingerprint density at radius 2 is 1.69 bits per heavy atom.